The van der Waals surface area contributed by atoms with Crippen molar-refractivity contribution in [2.24, 2.45) is 0 Å². The Labute approximate surface area is 217 Å². The van der Waals surface area contributed by atoms with E-state index in [0.717, 1.165) is 11.6 Å². The average Bonchev–Trinajstić information content (AvgIpc) is 3.34. The smallest absolute Gasteiger partial charge is 0.413 e. The van der Waals surface area contributed by atoms with Crippen molar-refractivity contribution in [3.8, 4) is 11.5 Å². The molecule has 2 aromatic carbocycles. The molecule has 8 nitrogen and oxygen atoms in total. The first kappa shape index (κ1) is 28.0. The largest absolute Gasteiger partial charge is 0.470 e. The highest BCUT2D eigenvalue weighted by atomic mass is 32.2. The lowest BCUT2D eigenvalue weighted by Crippen LogP contribution is -2.53. The average molecular weight is 557 g/mol. The van der Waals surface area contributed by atoms with Crippen LogP contribution in [0.1, 0.15) is 37.8 Å². The van der Waals surface area contributed by atoms with E-state index < -0.39 is 40.0 Å². The Morgan fingerprint density at radius 1 is 1.05 bits per heavy atom. The summed E-state index contributed by atoms with van der Waals surface area (Å²) in [4.78, 5) is 3.14. The zero-order valence-corrected chi connectivity index (χ0v) is 21.9. The fraction of sp³-hybridized carbons (Fsp3) is 0.440. The van der Waals surface area contributed by atoms with Gasteiger partial charge in [0.15, 0.2) is 16.2 Å². The summed E-state index contributed by atoms with van der Waals surface area (Å²) in [6.45, 7) is 6.28. The first-order valence-electron chi connectivity index (χ1n) is 11.8. The van der Waals surface area contributed by atoms with Crippen molar-refractivity contribution in [3.05, 3.63) is 65.3 Å². The summed E-state index contributed by atoms with van der Waals surface area (Å²) in [6.07, 6.45) is -6.08. The molecule has 1 aromatic heterocycles. The van der Waals surface area contributed by atoms with Crippen molar-refractivity contribution in [3.63, 3.8) is 0 Å². The van der Waals surface area contributed by atoms with Gasteiger partial charge in [-0.15, -0.1) is 10.2 Å². The van der Waals surface area contributed by atoms with Crippen LogP contribution in [0.4, 0.5) is 23.2 Å². The van der Waals surface area contributed by atoms with Gasteiger partial charge in [-0.1, -0.05) is 39.0 Å². The number of rotatable bonds is 6. The van der Waals surface area contributed by atoms with Crippen LogP contribution >= 0.6 is 0 Å². The number of aliphatic hydroxyl groups excluding tert-OH is 1. The summed E-state index contributed by atoms with van der Waals surface area (Å²) in [5.41, 5.74) is 1.62. The highest BCUT2D eigenvalue weighted by Crippen LogP contribution is 2.32. The lowest BCUT2D eigenvalue weighted by atomic mass is 9.87. The third kappa shape index (κ3) is 6.33. The van der Waals surface area contributed by atoms with Gasteiger partial charge in [0.2, 0.25) is 5.89 Å². The summed E-state index contributed by atoms with van der Waals surface area (Å²) >= 11 is 0. The topological polar surface area (TPSA) is 99.8 Å². The van der Waals surface area contributed by atoms with Crippen LogP contribution < -0.4 is 4.90 Å². The monoisotopic (exact) mass is 556 g/mol. The van der Waals surface area contributed by atoms with Crippen LogP contribution in [0.25, 0.3) is 11.5 Å². The SMILES string of the molecule is CC(C)(C)c1ccc(N(Cc2ccc(-c3nnc(C(F)(F)F)o3)cc2F)C(O)N2CCS(=O)(=O)CC2)cc1. The van der Waals surface area contributed by atoms with Gasteiger partial charge < -0.3 is 14.4 Å². The molecule has 3 aromatic rings. The number of aliphatic hydroxyl groups is 1. The van der Waals surface area contributed by atoms with Crippen LogP contribution in [0.2, 0.25) is 0 Å². The number of sulfone groups is 1. The molecular formula is C25H28F4N4O4S. The molecule has 0 bridgehead atoms. The standard InChI is InChI=1S/C25H28F4N4O4S/c1-24(2,3)18-6-8-19(9-7-18)33(23(34)32-10-12-38(35,36)13-11-32)15-17-5-4-16(14-20(17)26)21-30-31-22(37-21)25(27,28)29/h4-9,14,23,34H,10-13,15H2,1-3H3. The summed E-state index contributed by atoms with van der Waals surface area (Å²) < 4.78 is 81.9. The molecule has 0 amide bonds. The molecule has 38 heavy (non-hydrogen) atoms. The van der Waals surface area contributed by atoms with E-state index in [-0.39, 0.29) is 47.7 Å². The predicted molar refractivity (Wildman–Crippen MR) is 132 cm³/mol. The Morgan fingerprint density at radius 2 is 1.68 bits per heavy atom. The van der Waals surface area contributed by atoms with Crippen LogP contribution in [0, 0.1) is 5.82 Å². The van der Waals surface area contributed by atoms with Gasteiger partial charge in [-0.25, -0.2) is 12.8 Å². The minimum Gasteiger partial charge on any atom is -0.413 e. The lowest BCUT2D eigenvalue weighted by Gasteiger charge is -2.39. The number of hydrogen-bond donors (Lipinski definition) is 1. The molecular weight excluding hydrogens is 528 g/mol. The number of hydrogen-bond acceptors (Lipinski definition) is 8. The fourth-order valence-electron chi connectivity index (χ4n) is 4.06. The molecule has 1 saturated heterocycles. The maximum Gasteiger partial charge on any atom is 0.470 e. The molecule has 0 saturated carbocycles. The van der Waals surface area contributed by atoms with E-state index in [1.807, 2.05) is 12.1 Å². The Morgan fingerprint density at radius 3 is 2.21 bits per heavy atom. The number of nitrogens with zero attached hydrogens (tertiary/aromatic N) is 4. The molecule has 1 aliphatic rings. The van der Waals surface area contributed by atoms with Crippen LogP contribution in [0.15, 0.2) is 46.9 Å². The molecule has 13 heteroatoms. The van der Waals surface area contributed by atoms with Gasteiger partial charge in [-0.3, -0.25) is 4.90 Å². The highest BCUT2D eigenvalue weighted by Gasteiger charge is 2.38. The lowest BCUT2D eigenvalue weighted by molar-refractivity contribution is -0.156. The van der Waals surface area contributed by atoms with Gasteiger partial charge >= 0.3 is 12.1 Å². The summed E-state index contributed by atoms with van der Waals surface area (Å²) in [5.74, 6) is -2.97. The van der Waals surface area contributed by atoms with Gasteiger partial charge in [0.05, 0.1) is 11.5 Å². The van der Waals surface area contributed by atoms with E-state index in [4.69, 9.17) is 0 Å². The summed E-state index contributed by atoms with van der Waals surface area (Å²) in [5, 5.41) is 17.6. The number of aromatic nitrogens is 2. The van der Waals surface area contributed by atoms with E-state index in [9.17, 15) is 26.7 Å². The van der Waals surface area contributed by atoms with Crippen LogP contribution in [0.5, 0.6) is 0 Å². The minimum atomic E-state index is -4.82. The Balaban J connectivity index is 1.63. The molecule has 0 spiro atoms. The fourth-order valence-corrected chi connectivity index (χ4v) is 5.29. The zero-order valence-electron chi connectivity index (χ0n) is 21.0. The second kappa shape index (κ2) is 10.3. The predicted octanol–water partition coefficient (Wildman–Crippen LogP) is 4.20. The summed E-state index contributed by atoms with van der Waals surface area (Å²) in [7, 11) is -3.19. The number of halogens is 4. The van der Waals surface area contributed by atoms with Gasteiger partial charge in [-0.05, 0) is 35.2 Å². The Hall–Kier alpha value is -3.03. The molecule has 2 heterocycles. The third-order valence-electron chi connectivity index (χ3n) is 6.36. The highest BCUT2D eigenvalue weighted by molar-refractivity contribution is 7.91. The van der Waals surface area contributed by atoms with Crippen molar-refractivity contribution in [1.29, 1.82) is 0 Å². The Kier molecular flexibility index (Phi) is 7.56. The number of benzene rings is 2. The van der Waals surface area contributed by atoms with Crippen LogP contribution in [-0.4, -0.2) is 59.6 Å². The van der Waals surface area contributed by atoms with E-state index in [1.165, 1.54) is 17.0 Å². The molecule has 1 aliphatic heterocycles. The third-order valence-corrected chi connectivity index (χ3v) is 7.97. The van der Waals surface area contributed by atoms with Crippen molar-refractivity contribution < 1.29 is 35.5 Å². The van der Waals surface area contributed by atoms with Gasteiger partial charge in [0.1, 0.15) is 5.82 Å². The molecule has 4 rings (SSSR count). The number of alkyl halides is 3. The van der Waals surface area contributed by atoms with E-state index in [2.05, 4.69) is 35.4 Å². The van der Waals surface area contributed by atoms with Gasteiger partial charge in [-0.2, -0.15) is 13.2 Å². The van der Waals surface area contributed by atoms with E-state index >= 15 is 4.39 Å². The normalized spacial score (nSPS) is 17.4. The van der Waals surface area contributed by atoms with Gasteiger partial charge in [0.25, 0.3) is 0 Å². The van der Waals surface area contributed by atoms with Crippen LogP contribution in [0.3, 0.4) is 0 Å². The van der Waals surface area contributed by atoms with Gasteiger partial charge in [0, 0.05) is 36.4 Å². The maximum absolute atomic E-state index is 15.2. The van der Waals surface area contributed by atoms with Crippen LogP contribution in [-0.2, 0) is 28.0 Å². The minimum absolute atomic E-state index is 0.0304. The van der Waals surface area contributed by atoms with Crippen molar-refractivity contribution in [1.82, 2.24) is 15.1 Å². The summed E-state index contributed by atoms with van der Waals surface area (Å²) in [6, 6.07) is 11.1. The quantitative estimate of drug-likeness (QED) is 0.356. The molecule has 1 fully saturated rings. The second-order valence-electron chi connectivity index (χ2n) is 10.2. The van der Waals surface area contributed by atoms with E-state index in [1.54, 1.807) is 17.0 Å². The first-order valence-corrected chi connectivity index (χ1v) is 13.7. The van der Waals surface area contributed by atoms with Crippen molar-refractivity contribution in [2.75, 3.05) is 29.5 Å². The first-order chi connectivity index (χ1) is 17.6. The molecule has 0 radical (unpaired) electrons. The zero-order chi connectivity index (χ0) is 27.9. The van der Waals surface area contributed by atoms with Crippen molar-refractivity contribution in [2.45, 2.75) is 45.3 Å². The maximum atomic E-state index is 15.2. The molecule has 1 unspecified atom stereocenters. The Bertz CT molecular complexity index is 1370. The van der Waals surface area contributed by atoms with Crippen molar-refractivity contribution >= 4 is 15.5 Å². The van der Waals surface area contributed by atoms with E-state index in [0.29, 0.717) is 5.69 Å². The number of anilines is 1. The molecule has 206 valence electrons. The molecule has 0 aliphatic carbocycles. The molecule has 1 atom stereocenters. The molecule has 1 N–H and O–H groups in total. The second-order valence-corrected chi connectivity index (χ2v) is 12.5.